The number of carbonyl (C=O) groups is 4. The lowest BCUT2D eigenvalue weighted by Crippen LogP contribution is -2.56. The minimum absolute atomic E-state index is 0.462. The lowest BCUT2D eigenvalue weighted by Gasteiger charge is -2.21. The maximum absolute atomic E-state index is 12.0. The number of carbonyl (C=O) groups excluding carboxylic acids is 3. The van der Waals surface area contributed by atoms with Crippen LogP contribution in [0.3, 0.4) is 0 Å². The molecular formula is C12H20N4O6. The summed E-state index contributed by atoms with van der Waals surface area (Å²) >= 11 is 0. The summed E-state index contributed by atoms with van der Waals surface area (Å²) in [6.45, 7) is -0.140. The highest BCUT2D eigenvalue weighted by molar-refractivity contribution is 5.94. The van der Waals surface area contributed by atoms with E-state index in [1.165, 1.54) is 0 Å². The van der Waals surface area contributed by atoms with Gasteiger partial charge in [-0.3, -0.25) is 14.4 Å². The molecule has 0 aromatic rings. The van der Waals surface area contributed by atoms with Crippen LogP contribution in [0.15, 0.2) is 0 Å². The molecule has 0 aliphatic carbocycles. The van der Waals surface area contributed by atoms with Crippen LogP contribution in [0.1, 0.15) is 19.3 Å². The van der Waals surface area contributed by atoms with Gasteiger partial charge in [0.2, 0.25) is 17.7 Å². The van der Waals surface area contributed by atoms with Gasteiger partial charge in [-0.25, -0.2) is 4.79 Å². The summed E-state index contributed by atoms with van der Waals surface area (Å²) in [5.41, 5.74) is 5.03. The van der Waals surface area contributed by atoms with Gasteiger partial charge >= 0.3 is 5.97 Å². The monoisotopic (exact) mass is 316 g/mol. The van der Waals surface area contributed by atoms with E-state index in [-0.39, 0.29) is 0 Å². The molecule has 1 saturated heterocycles. The number of aliphatic hydroxyl groups is 1. The molecule has 0 radical (unpaired) electrons. The molecule has 1 heterocycles. The fourth-order valence-electron chi connectivity index (χ4n) is 2.05. The smallest absolute Gasteiger partial charge is 0.328 e. The maximum Gasteiger partial charge on any atom is 0.328 e. The minimum atomic E-state index is -1.52. The number of hydrogen-bond acceptors (Lipinski definition) is 6. The zero-order chi connectivity index (χ0) is 16.7. The fourth-order valence-corrected chi connectivity index (χ4v) is 2.05. The number of amides is 3. The summed E-state index contributed by atoms with van der Waals surface area (Å²) in [6, 6.07) is -3.28. The van der Waals surface area contributed by atoms with Gasteiger partial charge in [-0.2, -0.15) is 0 Å². The molecule has 10 heteroatoms. The summed E-state index contributed by atoms with van der Waals surface area (Å²) in [5, 5.41) is 25.0. The summed E-state index contributed by atoms with van der Waals surface area (Å²) in [6.07, 6.45) is 0.948. The lowest BCUT2D eigenvalue weighted by molar-refractivity contribution is -0.143. The van der Waals surface area contributed by atoms with Gasteiger partial charge < -0.3 is 31.9 Å². The summed E-state index contributed by atoms with van der Waals surface area (Å²) in [7, 11) is 0. The maximum atomic E-state index is 12.0. The molecule has 0 saturated carbocycles. The predicted molar refractivity (Wildman–Crippen MR) is 73.4 cm³/mol. The third kappa shape index (κ3) is 5.30. The van der Waals surface area contributed by atoms with Crippen LogP contribution in [0.2, 0.25) is 0 Å². The second-order valence-electron chi connectivity index (χ2n) is 4.96. The van der Waals surface area contributed by atoms with E-state index in [1.54, 1.807) is 0 Å². The topological polar surface area (TPSA) is 171 Å². The Morgan fingerprint density at radius 3 is 2.36 bits per heavy atom. The molecule has 0 aromatic carbocycles. The number of rotatable bonds is 8. The third-order valence-electron chi connectivity index (χ3n) is 3.21. The number of carboxylic acid groups (broad SMARTS) is 1. The largest absolute Gasteiger partial charge is 0.480 e. The molecule has 0 aromatic heterocycles. The van der Waals surface area contributed by atoms with Gasteiger partial charge in [-0.1, -0.05) is 0 Å². The molecule has 1 aliphatic rings. The SMILES string of the molecule is NC(=O)CC(NC(=O)C1CCCN1)C(=O)NC(CO)C(=O)O. The van der Waals surface area contributed by atoms with Crippen molar-refractivity contribution < 1.29 is 29.4 Å². The molecule has 1 aliphatic heterocycles. The van der Waals surface area contributed by atoms with E-state index in [4.69, 9.17) is 15.9 Å². The van der Waals surface area contributed by atoms with Crippen LogP contribution in [0.25, 0.3) is 0 Å². The van der Waals surface area contributed by atoms with Gasteiger partial charge in [0.05, 0.1) is 19.1 Å². The van der Waals surface area contributed by atoms with Crippen molar-refractivity contribution in [2.75, 3.05) is 13.2 Å². The third-order valence-corrected chi connectivity index (χ3v) is 3.21. The van der Waals surface area contributed by atoms with Gasteiger partial charge in [0, 0.05) is 0 Å². The second-order valence-corrected chi connectivity index (χ2v) is 4.96. The number of nitrogens with two attached hydrogens (primary N) is 1. The molecule has 3 atom stereocenters. The van der Waals surface area contributed by atoms with E-state index >= 15 is 0 Å². The highest BCUT2D eigenvalue weighted by Crippen LogP contribution is 2.05. The first-order valence-electron chi connectivity index (χ1n) is 6.81. The molecule has 7 N–H and O–H groups in total. The van der Waals surface area contributed by atoms with E-state index < -0.39 is 54.8 Å². The average molecular weight is 316 g/mol. The molecule has 124 valence electrons. The number of aliphatic hydroxyl groups excluding tert-OH is 1. The van der Waals surface area contributed by atoms with E-state index in [0.717, 1.165) is 6.42 Å². The Labute approximate surface area is 126 Å². The van der Waals surface area contributed by atoms with Crippen molar-refractivity contribution in [3.05, 3.63) is 0 Å². The molecule has 1 fully saturated rings. The van der Waals surface area contributed by atoms with Crippen molar-refractivity contribution >= 4 is 23.7 Å². The Morgan fingerprint density at radius 2 is 1.91 bits per heavy atom. The van der Waals surface area contributed by atoms with Gasteiger partial charge in [0.1, 0.15) is 12.1 Å². The molecule has 22 heavy (non-hydrogen) atoms. The van der Waals surface area contributed by atoms with Crippen LogP contribution in [0.5, 0.6) is 0 Å². The molecule has 10 nitrogen and oxygen atoms in total. The van der Waals surface area contributed by atoms with Gasteiger partial charge in [0.15, 0.2) is 0 Å². The van der Waals surface area contributed by atoms with Crippen LogP contribution in [0.4, 0.5) is 0 Å². The number of aliphatic carboxylic acids is 1. The first kappa shape index (κ1) is 17.9. The Morgan fingerprint density at radius 1 is 1.23 bits per heavy atom. The molecular weight excluding hydrogens is 296 g/mol. The predicted octanol–water partition coefficient (Wildman–Crippen LogP) is -3.34. The van der Waals surface area contributed by atoms with Crippen molar-refractivity contribution in [2.24, 2.45) is 5.73 Å². The molecule has 0 spiro atoms. The quantitative estimate of drug-likeness (QED) is 0.272. The van der Waals surface area contributed by atoms with E-state index in [2.05, 4.69) is 10.6 Å². The molecule has 0 bridgehead atoms. The van der Waals surface area contributed by atoms with Crippen LogP contribution in [-0.2, 0) is 19.2 Å². The Kier molecular flexibility index (Phi) is 6.73. The number of carboxylic acids is 1. The summed E-state index contributed by atoms with van der Waals surface area (Å²) < 4.78 is 0. The molecule has 1 rings (SSSR count). The van der Waals surface area contributed by atoms with Crippen LogP contribution in [-0.4, -0.2) is 65.2 Å². The number of hydrogen-bond donors (Lipinski definition) is 6. The van der Waals surface area contributed by atoms with Crippen molar-refractivity contribution in [1.29, 1.82) is 0 Å². The molecule has 3 unspecified atom stereocenters. The normalized spacial score (nSPS) is 20.0. The van der Waals surface area contributed by atoms with Gasteiger partial charge in [-0.15, -0.1) is 0 Å². The zero-order valence-corrected chi connectivity index (χ0v) is 11.9. The summed E-state index contributed by atoms with van der Waals surface area (Å²) in [4.78, 5) is 45.7. The van der Waals surface area contributed by atoms with Crippen molar-refractivity contribution in [2.45, 2.75) is 37.4 Å². The second kappa shape index (κ2) is 8.29. The number of nitrogens with one attached hydrogen (secondary N) is 3. The fraction of sp³-hybridized carbons (Fsp3) is 0.667. The highest BCUT2D eigenvalue weighted by Gasteiger charge is 2.30. The standard InChI is InChI=1S/C12H20N4O6/c13-9(18)4-7(11(20)16-8(5-17)12(21)22)15-10(19)6-2-1-3-14-6/h6-8,14,17H,1-5H2,(H2,13,18)(H,15,19)(H,16,20)(H,21,22). The first-order chi connectivity index (χ1) is 10.3. The average Bonchev–Trinajstić information content (AvgIpc) is 2.96. The highest BCUT2D eigenvalue weighted by atomic mass is 16.4. The first-order valence-corrected chi connectivity index (χ1v) is 6.81. The van der Waals surface area contributed by atoms with Crippen LogP contribution >= 0.6 is 0 Å². The Balaban J connectivity index is 2.69. The lowest BCUT2D eigenvalue weighted by atomic mass is 10.1. The van der Waals surface area contributed by atoms with Gasteiger partial charge in [-0.05, 0) is 19.4 Å². The van der Waals surface area contributed by atoms with E-state index in [0.29, 0.717) is 13.0 Å². The minimum Gasteiger partial charge on any atom is -0.480 e. The van der Waals surface area contributed by atoms with Crippen molar-refractivity contribution in [1.82, 2.24) is 16.0 Å². The van der Waals surface area contributed by atoms with Crippen LogP contribution in [0, 0.1) is 0 Å². The van der Waals surface area contributed by atoms with E-state index in [1.807, 2.05) is 5.32 Å². The van der Waals surface area contributed by atoms with Crippen molar-refractivity contribution in [3.63, 3.8) is 0 Å². The van der Waals surface area contributed by atoms with Crippen LogP contribution < -0.4 is 21.7 Å². The zero-order valence-electron chi connectivity index (χ0n) is 11.9. The van der Waals surface area contributed by atoms with Crippen molar-refractivity contribution in [3.8, 4) is 0 Å². The number of primary amides is 1. The van der Waals surface area contributed by atoms with Gasteiger partial charge in [0.25, 0.3) is 0 Å². The Hall–Kier alpha value is -2.20. The Bertz CT molecular complexity index is 449. The summed E-state index contributed by atoms with van der Waals surface area (Å²) in [5.74, 6) is -3.62. The van der Waals surface area contributed by atoms with E-state index in [9.17, 15) is 19.2 Å². The molecule has 3 amide bonds.